The Balaban J connectivity index is 1.57. The zero-order valence-corrected chi connectivity index (χ0v) is 20.0. The minimum atomic E-state index is -0.579. The highest BCUT2D eigenvalue weighted by Gasteiger charge is 2.40. The summed E-state index contributed by atoms with van der Waals surface area (Å²) in [6.45, 7) is 7.86. The number of aldehydes is 1. The number of rotatable bonds is 6. The van der Waals surface area contributed by atoms with Crippen LogP contribution in [0.2, 0.25) is 0 Å². The summed E-state index contributed by atoms with van der Waals surface area (Å²) < 4.78 is 5.59. The Labute approximate surface area is 192 Å². The lowest BCUT2D eigenvalue weighted by atomic mass is 9.81. The summed E-state index contributed by atoms with van der Waals surface area (Å²) in [4.78, 5) is 40.4. The molecular weight excluding hydrogens is 404 g/mol. The number of carbonyl (C=O) groups is 3. The van der Waals surface area contributed by atoms with Gasteiger partial charge in [-0.05, 0) is 77.2 Å². The Morgan fingerprint density at radius 3 is 2.28 bits per heavy atom. The maximum Gasteiger partial charge on any atom is 0.411 e. The van der Waals surface area contributed by atoms with Crippen molar-refractivity contribution in [3.05, 3.63) is 35.9 Å². The van der Waals surface area contributed by atoms with Crippen LogP contribution < -0.4 is 0 Å². The molecule has 0 aromatic heterocycles. The van der Waals surface area contributed by atoms with Gasteiger partial charge in [-0.15, -0.1) is 0 Å². The van der Waals surface area contributed by atoms with Crippen molar-refractivity contribution in [2.24, 2.45) is 5.92 Å². The van der Waals surface area contributed by atoms with Gasteiger partial charge in [0.05, 0.1) is 6.04 Å². The fourth-order valence-corrected chi connectivity index (χ4v) is 5.23. The molecule has 2 aliphatic rings. The van der Waals surface area contributed by atoms with E-state index in [1.165, 1.54) is 0 Å². The van der Waals surface area contributed by atoms with Crippen molar-refractivity contribution < 1.29 is 19.1 Å². The summed E-state index contributed by atoms with van der Waals surface area (Å²) in [5.74, 6) is 0.621. The molecule has 2 amide bonds. The van der Waals surface area contributed by atoms with E-state index in [9.17, 15) is 14.4 Å². The molecule has 2 fully saturated rings. The molecule has 176 valence electrons. The van der Waals surface area contributed by atoms with Crippen LogP contribution in [0.4, 0.5) is 4.79 Å². The average molecular weight is 443 g/mol. The molecular formula is C26H38N2O4. The van der Waals surface area contributed by atoms with Crippen LogP contribution in [0.25, 0.3) is 0 Å². The third kappa shape index (κ3) is 6.33. The molecule has 1 aromatic rings. The molecule has 3 rings (SSSR count). The van der Waals surface area contributed by atoms with Crippen molar-refractivity contribution in [2.75, 3.05) is 0 Å². The van der Waals surface area contributed by atoms with Crippen molar-refractivity contribution >= 4 is 18.3 Å². The predicted octanol–water partition coefficient (Wildman–Crippen LogP) is 4.95. The number of hydrogen-bond acceptors (Lipinski definition) is 4. The largest absolute Gasteiger partial charge is 0.444 e. The highest BCUT2D eigenvalue weighted by Crippen LogP contribution is 2.36. The first-order valence-electron chi connectivity index (χ1n) is 12.0. The molecule has 1 saturated heterocycles. The molecule has 2 atom stereocenters. The first-order valence-corrected chi connectivity index (χ1v) is 12.0. The molecule has 6 nitrogen and oxygen atoms in total. The van der Waals surface area contributed by atoms with E-state index in [-0.39, 0.29) is 30.1 Å². The van der Waals surface area contributed by atoms with Crippen LogP contribution in [0.3, 0.4) is 0 Å². The van der Waals surface area contributed by atoms with Crippen LogP contribution in [-0.4, -0.2) is 51.8 Å². The predicted molar refractivity (Wildman–Crippen MR) is 124 cm³/mol. The topological polar surface area (TPSA) is 66.9 Å². The fourth-order valence-electron chi connectivity index (χ4n) is 5.23. The number of benzene rings is 1. The van der Waals surface area contributed by atoms with Gasteiger partial charge in [0.25, 0.3) is 0 Å². The Morgan fingerprint density at radius 1 is 1.06 bits per heavy atom. The third-order valence-electron chi connectivity index (χ3n) is 6.77. The summed E-state index contributed by atoms with van der Waals surface area (Å²) in [7, 11) is 0. The van der Waals surface area contributed by atoms with E-state index in [0.717, 1.165) is 50.4 Å². The van der Waals surface area contributed by atoms with Gasteiger partial charge >= 0.3 is 6.09 Å². The zero-order chi connectivity index (χ0) is 23.3. The Hall–Kier alpha value is -2.37. The van der Waals surface area contributed by atoms with E-state index in [4.69, 9.17) is 4.74 Å². The molecule has 0 N–H and O–H groups in total. The summed E-state index contributed by atoms with van der Waals surface area (Å²) in [5.41, 5.74) is 0.577. The molecule has 6 heteroatoms. The standard InChI is InChI=1S/C26H38N2O4/c1-19(30)27(17-21-8-6-5-7-9-21)22-12-10-20(11-13-22)16-23-14-15-24(18-29)28(23)25(31)32-26(2,3)4/h5-9,18,20,22-24H,10-17H2,1-4H3/t20?,22?,23-,24+/m0/s1. The van der Waals surface area contributed by atoms with Gasteiger partial charge in [-0.25, -0.2) is 4.79 Å². The third-order valence-corrected chi connectivity index (χ3v) is 6.77. The number of nitrogens with zero attached hydrogens (tertiary/aromatic N) is 2. The van der Waals surface area contributed by atoms with Gasteiger partial charge in [0.2, 0.25) is 5.91 Å². The molecule has 0 unspecified atom stereocenters. The minimum absolute atomic E-state index is 0.0508. The Bertz CT molecular complexity index is 781. The van der Waals surface area contributed by atoms with Crippen molar-refractivity contribution in [3.8, 4) is 0 Å². The van der Waals surface area contributed by atoms with Crippen LogP contribution in [0.15, 0.2) is 30.3 Å². The molecule has 0 radical (unpaired) electrons. The highest BCUT2D eigenvalue weighted by atomic mass is 16.6. The van der Waals surface area contributed by atoms with Crippen LogP contribution in [-0.2, 0) is 20.9 Å². The van der Waals surface area contributed by atoms with Crippen molar-refractivity contribution in [1.29, 1.82) is 0 Å². The van der Waals surface area contributed by atoms with Crippen LogP contribution in [0.5, 0.6) is 0 Å². The maximum atomic E-state index is 12.8. The van der Waals surface area contributed by atoms with Gasteiger partial charge in [-0.2, -0.15) is 0 Å². The molecule has 1 aromatic carbocycles. The molecule has 1 heterocycles. The smallest absolute Gasteiger partial charge is 0.411 e. The number of carbonyl (C=O) groups excluding carboxylic acids is 3. The normalized spacial score (nSPS) is 25.9. The first kappa shape index (κ1) is 24.3. The summed E-state index contributed by atoms with van der Waals surface area (Å²) in [6, 6.07) is 10.1. The van der Waals surface area contributed by atoms with Crippen LogP contribution in [0, 0.1) is 5.92 Å². The molecule has 0 spiro atoms. The van der Waals surface area contributed by atoms with Crippen molar-refractivity contribution in [1.82, 2.24) is 9.80 Å². The lowest BCUT2D eigenvalue weighted by Gasteiger charge is -2.38. The van der Waals surface area contributed by atoms with E-state index in [1.807, 2.05) is 43.9 Å². The van der Waals surface area contributed by atoms with Gasteiger partial charge < -0.3 is 14.4 Å². The van der Waals surface area contributed by atoms with E-state index in [1.54, 1.807) is 11.8 Å². The van der Waals surface area contributed by atoms with Crippen molar-refractivity contribution in [3.63, 3.8) is 0 Å². The van der Waals surface area contributed by atoms with E-state index < -0.39 is 5.60 Å². The first-order chi connectivity index (χ1) is 15.2. The van der Waals surface area contributed by atoms with E-state index in [2.05, 4.69) is 12.1 Å². The Morgan fingerprint density at radius 2 is 1.72 bits per heavy atom. The van der Waals surface area contributed by atoms with Gasteiger partial charge in [-0.3, -0.25) is 9.69 Å². The van der Waals surface area contributed by atoms with Crippen molar-refractivity contribution in [2.45, 2.75) is 103 Å². The van der Waals surface area contributed by atoms with Gasteiger partial charge in [0.15, 0.2) is 0 Å². The lowest BCUT2D eigenvalue weighted by Crippen LogP contribution is -2.46. The summed E-state index contributed by atoms with van der Waals surface area (Å²) in [5, 5.41) is 0. The van der Waals surface area contributed by atoms with Gasteiger partial charge in [0.1, 0.15) is 11.9 Å². The zero-order valence-electron chi connectivity index (χ0n) is 20.0. The molecule has 1 saturated carbocycles. The second-order valence-electron chi connectivity index (χ2n) is 10.4. The van der Waals surface area contributed by atoms with Gasteiger partial charge in [-0.1, -0.05) is 30.3 Å². The fraction of sp³-hybridized carbons (Fsp3) is 0.654. The quantitative estimate of drug-likeness (QED) is 0.585. The van der Waals surface area contributed by atoms with Gasteiger partial charge in [0, 0.05) is 25.6 Å². The SMILES string of the molecule is CC(=O)N(Cc1ccccc1)C1CCC(C[C@@H]2CC[C@H](C=O)N2C(=O)OC(C)(C)C)CC1. The lowest BCUT2D eigenvalue weighted by molar-refractivity contribution is -0.132. The second-order valence-corrected chi connectivity index (χ2v) is 10.4. The Kier molecular flexibility index (Phi) is 7.96. The number of amides is 2. The monoisotopic (exact) mass is 442 g/mol. The van der Waals surface area contributed by atoms with Crippen LogP contribution >= 0.6 is 0 Å². The van der Waals surface area contributed by atoms with E-state index in [0.29, 0.717) is 18.9 Å². The molecule has 1 aliphatic heterocycles. The average Bonchev–Trinajstić information content (AvgIpc) is 3.15. The summed E-state index contributed by atoms with van der Waals surface area (Å²) in [6.07, 6.45) is 6.98. The molecule has 32 heavy (non-hydrogen) atoms. The van der Waals surface area contributed by atoms with Crippen LogP contribution in [0.1, 0.15) is 78.2 Å². The number of hydrogen-bond donors (Lipinski definition) is 0. The number of likely N-dealkylation sites (tertiary alicyclic amines) is 1. The highest BCUT2D eigenvalue weighted by molar-refractivity contribution is 5.75. The minimum Gasteiger partial charge on any atom is -0.444 e. The summed E-state index contributed by atoms with van der Waals surface area (Å²) >= 11 is 0. The van der Waals surface area contributed by atoms with E-state index >= 15 is 0 Å². The second kappa shape index (κ2) is 10.5. The number of ether oxygens (including phenoxy) is 1. The maximum absolute atomic E-state index is 12.8. The molecule has 1 aliphatic carbocycles. The molecule has 0 bridgehead atoms.